The Hall–Kier alpha value is -2.87. The minimum absolute atomic E-state index is 0.0437. The van der Waals surface area contributed by atoms with Crippen LogP contribution in [0, 0.1) is 0 Å². The number of furan rings is 1. The van der Waals surface area contributed by atoms with E-state index in [4.69, 9.17) is 4.42 Å². The van der Waals surface area contributed by atoms with E-state index in [-0.39, 0.29) is 17.6 Å². The molecule has 2 aromatic heterocycles. The van der Waals surface area contributed by atoms with Gasteiger partial charge < -0.3 is 18.8 Å². The number of rotatable bonds is 6. The first-order valence-corrected chi connectivity index (χ1v) is 10.6. The molecule has 4 rings (SSSR count). The number of ketones is 1. The predicted molar refractivity (Wildman–Crippen MR) is 111 cm³/mol. The van der Waals surface area contributed by atoms with Gasteiger partial charge in [-0.1, -0.05) is 0 Å². The van der Waals surface area contributed by atoms with Crippen molar-refractivity contribution in [2.75, 3.05) is 46.3 Å². The Kier molecular flexibility index (Phi) is 6.03. The minimum atomic E-state index is -0.0726. The Morgan fingerprint density at radius 1 is 1.03 bits per heavy atom. The molecule has 0 bridgehead atoms. The van der Waals surface area contributed by atoms with Gasteiger partial charge in [-0.15, -0.1) is 0 Å². The molecule has 0 unspecified atom stereocenters. The molecular weight excluding hydrogens is 384 g/mol. The van der Waals surface area contributed by atoms with Crippen LogP contribution in [0.25, 0.3) is 0 Å². The van der Waals surface area contributed by atoms with Crippen molar-refractivity contribution >= 4 is 17.6 Å². The highest BCUT2D eigenvalue weighted by molar-refractivity contribution is 6.08. The fourth-order valence-electron chi connectivity index (χ4n) is 4.19. The van der Waals surface area contributed by atoms with E-state index < -0.39 is 0 Å². The first-order chi connectivity index (χ1) is 14.5. The molecule has 0 aliphatic carbocycles. The largest absolute Gasteiger partial charge is 0.459 e. The number of unbranched alkanes of at least 4 members (excludes halogenated alkanes) is 1. The molecule has 1 saturated heterocycles. The number of Topliss-reactive ketones (excluding diaryl/α,β-unsaturated/α-hetero) is 1. The zero-order valence-corrected chi connectivity index (χ0v) is 17.4. The van der Waals surface area contributed by atoms with Crippen LogP contribution in [0.1, 0.15) is 50.7 Å². The van der Waals surface area contributed by atoms with Crippen molar-refractivity contribution in [2.45, 2.75) is 25.8 Å². The van der Waals surface area contributed by atoms with Gasteiger partial charge in [0.25, 0.3) is 11.8 Å². The molecule has 1 fully saturated rings. The van der Waals surface area contributed by atoms with Gasteiger partial charge in [0.15, 0.2) is 11.5 Å². The maximum absolute atomic E-state index is 12.5. The van der Waals surface area contributed by atoms with E-state index in [1.165, 1.54) is 6.26 Å². The van der Waals surface area contributed by atoms with Crippen LogP contribution < -0.4 is 0 Å². The fourth-order valence-corrected chi connectivity index (χ4v) is 4.19. The third-order valence-electron chi connectivity index (χ3n) is 5.99. The number of amides is 2. The number of nitrogens with zero attached hydrogens (tertiary/aromatic N) is 4. The average Bonchev–Trinajstić information content (AvgIpc) is 3.42. The zero-order chi connectivity index (χ0) is 21.1. The first kappa shape index (κ1) is 20.4. The van der Waals surface area contributed by atoms with Crippen LogP contribution in [0.3, 0.4) is 0 Å². The summed E-state index contributed by atoms with van der Waals surface area (Å²) in [5.41, 5.74) is 1.09. The molecule has 30 heavy (non-hydrogen) atoms. The lowest BCUT2D eigenvalue weighted by atomic mass is 10.1. The number of carbonyl (C=O) groups excluding carboxylic acids is 3. The smallest absolute Gasteiger partial charge is 0.289 e. The van der Waals surface area contributed by atoms with Gasteiger partial charge in [-0.05, 0) is 37.6 Å². The molecule has 2 aromatic rings. The van der Waals surface area contributed by atoms with Gasteiger partial charge in [0, 0.05) is 58.9 Å². The maximum Gasteiger partial charge on any atom is 0.289 e. The van der Waals surface area contributed by atoms with E-state index >= 15 is 0 Å². The van der Waals surface area contributed by atoms with Gasteiger partial charge in [0.05, 0.1) is 17.5 Å². The third-order valence-corrected chi connectivity index (χ3v) is 5.99. The molecular formula is C22H28N4O4. The Balaban J connectivity index is 1.23. The van der Waals surface area contributed by atoms with E-state index in [9.17, 15) is 14.4 Å². The van der Waals surface area contributed by atoms with Crippen molar-refractivity contribution < 1.29 is 18.8 Å². The molecule has 160 valence electrons. The number of hydrogen-bond donors (Lipinski definition) is 0. The molecule has 2 aliphatic rings. The zero-order valence-electron chi connectivity index (χ0n) is 17.4. The second kappa shape index (κ2) is 8.87. The fraction of sp³-hybridized carbons (Fsp3) is 0.500. The second-order valence-electron chi connectivity index (χ2n) is 7.99. The van der Waals surface area contributed by atoms with Crippen molar-refractivity contribution in [1.82, 2.24) is 19.3 Å². The minimum Gasteiger partial charge on any atom is -0.459 e. The molecule has 2 aliphatic heterocycles. The molecule has 2 amide bonds. The van der Waals surface area contributed by atoms with Gasteiger partial charge in [-0.3, -0.25) is 19.3 Å². The summed E-state index contributed by atoms with van der Waals surface area (Å²) in [5, 5.41) is 0. The Morgan fingerprint density at radius 3 is 2.53 bits per heavy atom. The highest BCUT2D eigenvalue weighted by Crippen LogP contribution is 2.20. The Labute approximate surface area is 176 Å². The average molecular weight is 412 g/mol. The van der Waals surface area contributed by atoms with Crippen LogP contribution in [-0.4, -0.2) is 83.2 Å². The van der Waals surface area contributed by atoms with Crippen LogP contribution in [0.15, 0.2) is 35.1 Å². The quantitative estimate of drug-likeness (QED) is 0.678. The SMILES string of the molecule is CN1CCC(=O)c2c(ccn2CCCCN2CCN(C(=O)c3ccco3)CC2)C1=O. The summed E-state index contributed by atoms with van der Waals surface area (Å²) in [6, 6.07) is 5.20. The molecule has 4 heterocycles. The number of hydrogen-bond acceptors (Lipinski definition) is 5. The Bertz CT molecular complexity index is 910. The van der Waals surface area contributed by atoms with E-state index in [0.29, 0.717) is 43.1 Å². The summed E-state index contributed by atoms with van der Waals surface area (Å²) < 4.78 is 7.14. The lowest BCUT2D eigenvalue weighted by Gasteiger charge is -2.34. The van der Waals surface area contributed by atoms with Crippen LogP contribution in [0.5, 0.6) is 0 Å². The molecule has 0 saturated carbocycles. The number of aromatic nitrogens is 1. The first-order valence-electron chi connectivity index (χ1n) is 10.6. The van der Waals surface area contributed by atoms with Crippen molar-refractivity contribution in [3.8, 4) is 0 Å². The molecule has 8 heteroatoms. The number of aryl methyl sites for hydroxylation is 1. The normalized spacial score (nSPS) is 17.9. The van der Waals surface area contributed by atoms with Crippen molar-refractivity contribution in [2.24, 2.45) is 0 Å². The number of fused-ring (bicyclic) bond motifs is 1. The van der Waals surface area contributed by atoms with Crippen LogP contribution >= 0.6 is 0 Å². The lowest BCUT2D eigenvalue weighted by molar-refractivity contribution is 0.0603. The van der Waals surface area contributed by atoms with E-state index in [1.54, 1.807) is 30.1 Å². The molecule has 0 radical (unpaired) electrons. The van der Waals surface area contributed by atoms with Gasteiger partial charge in [-0.25, -0.2) is 0 Å². The monoisotopic (exact) mass is 412 g/mol. The summed E-state index contributed by atoms with van der Waals surface area (Å²) in [6.07, 6.45) is 5.69. The molecule has 0 atom stereocenters. The van der Waals surface area contributed by atoms with Gasteiger partial charge in [0.1, 0.15) is 0 Å². The highest BCUT2D eigenvalue weighted by Gasteiger charge is 2.28. The maximum atomic E-state index is 12.5. The van der Waals surface area contributed by atoms with Crippen molar-refractivity contribution in [3.63, 3.8) is 0 Å². The van der Waals surface area contributed by atoms with Crippen LogP contribution in [0.2, 0.25) is 0 Å². The summed E-state index contributed by atoms with van der Waals surface area (Å²) in [5.74, 6) is 0.327. The van der Waals surface area contributed by atoms with E-state index in [0.717, 1.165) is 39.0 Å². The summed E-state index contributed by atoms with van der Waals surface area (Å²) >= 11 is 0. The molecule has 0 aromatic carbocycles. The third kappa shape index (κ3) is 4.18. The topological polar surface area (TPSA) is 79.0 Å². The summed E-state index contributed by atoms with van der Waals surface area (Å²) in [6.45, 7) is 5.27. The van der Waals surface area contributed by atoms with Gasteiger partial charge >= 0.3 is 0 Å². The van der Waals surface area contributed by atoms with Crippen molar-refractivity contribution in [3.05, 3.63) is 47.7 Å². The van der Waals surface area contributed by atoms with E-state index in [2.05, 4.69) is 4.90 Å². The standard InChI is InChI=1S/C22H28N4O4/c1-23-10-7-18(27)20-17(21(23)28)6-11-25(20)9-3-2-8-24-12-14-26(15-13-24)22(29)19-5-4-16-30-19/h4-6,11,16H,2-3,7-10,12-15H2,1H3. The second-order valence-corrected chi connectivity index (χ2v) is 7.99. The Morgan fingerprint density at radius 2 is 1.80 bits per heavy atom. The number of carbonyl (C=O) groups is 3. The van der Waals surface area contributed by atoms with Gasteiger partial charge in [-0.2, -0.15) is 0 Å². The van der Waals surface area contributed by atoms with Crippen LogP contribution in [-0.2, 0) is 6.54 Å². The summed E-state index contributed by atoms with van der Waals surface area (Å²) in [4.78, 5) is 43.0. The molecule has 8 nitrogen and oxygen atoms in total. The molecule has 0 N–H and O–H groups in total. The summed E-state index contributed by atoms with van der Waals surface area (Å²) in [7, 11) is 1.74. The highest BCUT2D eigenvalue weighted by atomic mass is 16.3. The van der Waals surface area contributed by atoms with Gasteiger partial charge in [0.2, 0.25) is 0 Å². The molecule has 0 spiro atoms. The van der Waals surface area contributed by atoms with Crippen molar-refractivity contribution in [1.29, 1.82) is 0 Å². The van der Waals surface area contributed by atoms with Crippen LogP contribution in [0.4, 0.5) is 0 Å². The lowest BCUT2D eigenvalue weighted by Crippen LogP contribution is -2.48. The predicted octanol–water partition coefficient (Wildman–Crippen LogP) is 1.98. The van der Waals surface area contributed by atoms with E-state index in [1.807, 2.05) is 15.7 Å². The number of piperazine rings is 1.